The first-order chi connectivity index (χ1) is 11.3. The molecule has 0 bridgehead atoms. The Balaban J connectivity index is 1.87. The molecule has 2 aromatic carbocycles. The highest BCUT2D eigenvalue weighted by Gasteiger charge is 2.25. The second kappa shape index (κ2) is 7.11. The number of benzene rings is 2. The van der Waals surface area contributed by atoms with Crippen LogP contribution in [0.2, 0.25) is 0 Å². The van der Waals surface area contributed by atoms with E-state index in [1.54, 1.807) is 14.2 Å². The molecule has 0 spiro atoms. The third-order valence-corrected chi connectivity index (χ3v) is 3.68. The number of rotatable bonds is 6. The first kappa shape index (κ1) is 15.3. The van der Waals surface area contributed by atoms with Gasteiger partial charge in [-0.25, -0.2) is 0 Å². The molecule has 0 saturated heterocycles. The number of hydrogen-bond donors (Lipinski definition) is 0. The zero-order valence-electron chi connectivity index (χ0n) is 13.3. The van der Waals surface area contributed by atoms with Crippen LogP contribution in [0.3, 0.4) is 0 Å². The van der Waals surface area contributed by atoms with Gasteiger partial charge in [-0.2, -0.15) is 0 Å². The van der Waals surface area contributed by atoms with Crippen LogP contribution in [-0.4, -0.2) is 33.1 Å². The van der Waals surface area contributed by atoms with Crippen molar-refractivity contribution in [2.45, 2.75) is 0 Å². The van der Waals surface area contributed by atoms with Crippen molar-refractivity contribution < 1.29 is 14.3 Å². The number of fused-ring (bicyclic) bond motifs is 3. The Bertz CT molecular complexity index is 750. The van der Waals surface area contributed by atoms with Gasteiger partial charge in [0.1, 0.15) is 25.2 Å². The van der Waals surface area contributed by atoms with Gasteiger partial charge in [-0.15, -0.1) is 0 Å². The smallest absolute Gasteiger partial charge is 0.120 e. The summed E-state index contributed by atoms with van der Waals surface area (Å²) < 4.78 is 10.7. The number of methoxy groups -OCH3 is 1. The molecule has 4 nitrogen and oxygen atoms in total. The van der Waals surface area contributed by atoms with Crippen LogP contribution < -0.4 is 4.74 Å². The van der Waals surface area contributed by atoms with E-state index in [1.165, 1.54) is 5.56 Å². The van der Waals surface area contributed by atoms with E-state index in [-0.39, 0.29) is 0 Å². The summed E-state index contributed by atoms with van der Waals surface area (Å²) in [5.74, 6) is 0.808. The number of nitrogens with zero attached hydrogens (tertiary/aromatic N) is 1. The van der Waals surface area contributed by atoms with E-state index < -0.39 is 0 Å². The first-order valence-corrected chi connectivity index (χ1v) is 7.47. The van der Waals surface area contributed by atoms with Crippen molar-refractivity contribution in [1.82, 2.24) is 0 Å². The molecule has 1 aliphatic rings. The van der Waals surface area contributed by atoms with Gasteiger partial charge in [-0.3, -0.25) is 0 Å². The molecule has 0 fully saturated rings. The molecule has 0 unspecified atom stereocenters. The van der Waals surface area contributed by atoms with E-state index in [0.717, 1.165) is 28.2 Å². The van der Waals surface area contributed by atoms with Gasteiger partial charge in [0, 0.05) is 18.2 Å². The van der Waals surface area contributed by atoms with Gasteiger partial charge in [0.15, 0.2) is 0 Å². The Labute approximate surface area is 136 Å². The summed E-state index contributed by atoms with van der Waals surface area (Å²) >= 11 is 0. The van der Waals surface area contributed by atoms with Crippen LogP contribution in [0.15, 0.2) is 59.8 Å². The van der Waals surface area contributed by atoms with Crippen molar-refractivity contribution in [3.8, 4) is 16.9 Å². The van der Waals surface area contributed by atoms with Crippen molar-refractivity contribution in [3.05, 3.63) is 65.7 Å². The van der Waals surface area contributed by atoms with E-state index >= 15 is 0 Å². The fraction of sp³-hybridized carbons (Fsp3) is 0.211. The highest BCUT2D eigenvalue weighted by Crippen LogP contribution is 2.38. The molecule has 0 atom stereocenters. The second-order valence-corrected chi connectivity index (χ2v) is 5.11. The van der Waals surface area contributed by atoms with E-state index in [9.17, 15) is 0 Å². The summed E-state index contributed by atoms with van der Waals surface area (Å²) in [5, 5.41) is 4.20. The lowest BCUT2D eigenvalue weighted by Gasteiger charge is -2.06. The summed E-state index contributed by atoms with van der Waals surface area (Å²) in [6, 6.07) is 14.3. The summed E-state index contributed by atoms with van der Waals surface area (Å²) in [6.45, 7) is 1.10. The molecule has 1 aliphatic carbocycles. The molecule has 0 radical (unpaired) electrons. The third kappa shape index (κ3) is 3.12. The largest absolute Gasteiger partial charge is 0.490 e. The number of hydrogen-bond acceptors (Lipinski definition) is 4. The highest BCUT2D eigenvalue weighted by atomic mass is 16.6. The molecular weight excluding hydrogens is 290 g/mol. The molecule has 0 heterocycles. The van der Waals surface area contributed by atoms with Gasteiger partial charge >= 0.3 is 0 Å². The van der Waals surface area contributed by atoms with Gasteiger partial charge in [0.2, 0.25) is 0 Å². The van der Waals surface area contributed by atoms with E-state index in [0.29, 0.717) is 13.2 Å². The lowest BCUT2D eigenvalue weighted by molar-refractivity contribution is 0.214. The Morgan fingerprint density at radius 2 is 1.61 bits per heavy atom. The normalized spacial score (nSPS) is 14.1. The van der Waals surface area contributed by atoms with Crippen molar-refractivity contribution in [1.29, 1.82) is 0 Å². The fourth-order valence-electron chi connectivity index (χ4n) is 2.68. The Morgan fingerprint density at radius 1 is 0.870 bits per heavy atom. The second-order valence-electron chi connectivity index (χ2n) is 5.11. The molecule has 0 aromatic heterocycles. The van der Waals surface area contributed by atoms with Crippen LogP contribution in [0.25, 0.3) is 11.1 Å². The van der Waals surface area contributed by atoms with Gasteiger partial charge < -0.3 is 14.3 Å². The molecule has 0 N–H and O–H groups in total. The molecule has 0 saturated carbocycles. The van der Waals surface area contributed by atoms with Crippen LogP contribution in [0.4, 0.5) is 0 Å². The summed E-state index contributed by atoms with van der Waals surface area (Å²) in [5.41, 5.74) is 5.29. The number of oxime groups is 1. The minimum Gasteiger partial charge on any atom is -0.490 e. The molecular formula is C19H19NO3. The molecule has 23 heavy (non-hydrogen) atoms. The third-order valence-electron chi connectivity index (χ3n) is 3.68. The quantitative estimate of drug-likeness (QED) is 0.515. The van der Waals surface area contributed by atoms with Crippen molar-refractivity contribution in [3.63, 3.8) is 0 Å². The Hall–Kier alpha value is -2.59. The summed E-state index contributed by atoms with van der Waals surface area (Å²) in [7, 11) is 3.23. The molecule has 118 valence electrons. The minimum absolute atomic E-state index is 0.506. The van der Waals surface area contributed by atoms with Crippen LogP contribution >= 0.6 is 0 Å². The monoisotopic (exact) mass is 309 g/mol. The van der Waals surface area contributed by atoms with Gasteiger partial charge in [-0.1, -0.05) is 35.5 Å². The van der Waals surface area contributed by atoms with Gasteiger partial charge in [0.05, 0.1) is 6.61 Å². The first-order valence-electron chi connectivity index (χ1n) is 7.47. The van der Waals surface area contributed by atoms with Gasteiger partial charge in [-0.05, 0) is 35.4 Å². The van der Waals surface area contributed by atoms with E-state index in [1.807, 2.05) is 36.4 Å². The summed E-state index contributed by atoms with van der Waals surface area (Å²) in [6.07, 6.45) is 3.87. The predicted molar refractivity (Wildman–Crippen MR) is 91.0 cm³/mol. The maximum atomic E-state index is 5.76. The molecule has 0 aliphatic heterocycles. The van der Waals surface area contributed by atoms with E-state index in [4.69, 9.17) is 14.3 Å². The Kier molecular flexibility index (Phi) is 4.74. The minimum atomic E-state index is 0.506. The van der Waals surface area contributed by atoms with Crippen molar-refractivity contribution in [2.24, 2.45) is 5.16 Å². The van der Waals surface area contributed by atoms with Crippen LogP contribution in [0.1, 0.15) is 11.1 Å². The molecule has 0 amide bonds. The molecule has 2 aromatic rings. The summed E-state index contributed by atoms with van der Waals surface area (Å²) in [4.78, 5) is 5.03. The maximum Gasteiger partial charge on any atom is 0.120 e. The topological polar surface area (TPSA) is 40.0 Å². The predicted octanol–water partition coefficient (Wildman–Crippen LogP) is 3.65. The molecule has 4 heteroatoms. The zero-order valence-corrected chi connectivity index (χ0v) is 13.3. The van der Waals surface area contributed by atoms with Crippen LogP contribution in [0, 0.1) is 0 Å². The molecule has 3 rings (SSSR count). The average molecular weight is 309 g/mol. The maximum absolute atomic E-state index is 5.76. The SMILES string of the molecule is COC/C=C/COc1ccc2c(c1)/C(=N\OC)c1ccccc1-2. The fourth-order valence-corrected chi connectivity index (χ4v) is 2.68. The standard InChI is InChI=1S/C19H19NO3/c1-21-11-5-6-12-23-14-9-10-16-15-7-3-4-8-17(15)19(20-22-2)18(16)13-14/h3-10,13H,11-12H2,1-2H3/b6-5+,20-19-. The van der Waals surface area contributed by atoms with E-state index in [2.05, 4.69) is 23.4 Å². The van der Waals surface area contributed by atoms with Crippen LogP contribution in [-0.2, 0) is 9.57 Å². The van der Waals surface area contributed by atoms with Gasteiger partial charge in [0.25, 0.3) is 0 Å². The van der Waals surface area contributed by atoms with Crippen molar-refractivity contribution >= 4 is 5.71 Å². The Morgan fingerprint density at radius 3 is 2.39 bits per heavy atom. The lowest BCUT2D eigenvalue weighted by Crippen LogP contribution is -2.00. The lowest BCUT2D eigenvalue weighted by atomic mass is 10.1. The average Bonchev–Trinajstić information content (AvgIpc) is 2.89. The van der Waals surface area contributed by atoms with Crippen molar-refractivity contribution in [2.75, 3.05) is 27.4 Å². The number of ether oxygens (including phenoxy) is 2. The zero-order chi connectivity index (χ0) is 16.1. The van der Waals surface area contributed by atoms with Crippen LogP contribution in [0.5, 0.6) is 5.75 Å². The highest BCUT2D eigenvalue weighted by molar-refractivity contribution is 6.24.